The number of alkyl carbamates (subject to hydrolysis) is 1. The third-order valence-electron chi connectivity index (χ3n) is 5.51. The highest BCUT2D eigenvalue weighted by molar-refractivity contribution is 5.70. The van der Waals surface area contributed by atoms with Crippen molar-refractivity contribution in [1.29, 1.82) is 0 Å². The van der Waals surface area contributed by atoms with Crippen molar-refractivity contribution in [3.63, 3.8) is 0 Å². The van der Waals surface area contributed by atoms with E-state index in [2.05, 4.69) is 5.32 Å². The van der Waals surface area contributed by atoms with Crippen LogP contribution in [0.1, 0.15) is 44.1 Å². The lowest BCUT2D eigenvalue weighted by Gasteiger charge is -2.52. The molecule has 1 aromatic carbocycles. The fraction of sp³-hybridized carbons (Fsp3) is 0.556. The normalized spacial score (nSPS) is 29.6. The van der Waals surface area contributed by atoms with Gasteiger partial charge in [-0.15, -0.1) is 0 Å². The average Bonchev–Trinajstić information content (AvgIpc) is 2.58. The summed E-state index contributed by atoms with van der Waals surface area (Å²) >= 11 is 0. The Hall–Kier alpha value is -2.04. The highest BCUT2D eigenvalue weighted by atomic mass is 16.5. The second-order valence-electron chi connectivity index (χ2n) is 6.77. The Bertz CT molecular complexity index is 564. The van der Waals surface area contributed by atoms with Gasteiger partial charge in [0.05, 0.1) is 5.92 Å². The van der Waals surface area contributed by atoms with Crippen LogP contribution in [0.2, 0.25) is 0 Å². The van der Waals surface area contributed by atoms with Crippen LogP contribution in [-0.4, -0.2) is 23.2 Å². The number of carboxylic acid groups (broad SMARTS) is 1. The van der Waals surface area contributed by atoms with Gasteiger partial charge in [0.1, 0.15) is 6.61 Å². The van der Waals surface area contributed by atoms with Gasteiger partial charge in [-0.1, -0.05) is 30.3 Å². The number of hydrogen-bond donors (Lipinski definition) is 2. The third kappa shape index (κ3) is 3.49. The van der Waals surface area contributed by atoms with E-state index in [1.807, 2.05) is 30.3 Å². The summed E-state index contributed by atoms with van der Waals surface area (Å²) in [6.45, 7) is 0.271. The molecule has 0 saturated heterocycles. The summed E-state index contributed by atoms with van der Waals surface area (Å²) in [5, 5.41) is 12.1. The van der Waals surface area contributed by atoms with Gasteiger partial charge in [0.2, 0.25) is 0 Å². The number of nitrogens with one attached hydrogen (secondary N) is 1. The van der Waals surface area contributed by atoms with E-state index in [1.54, 1.807) is 0 Å². The number of carbonyl (C=O) groups excluding carboxylic acids is 1. The number of hydrogen-bond acceptors (Lipinski definition) is 3. The molecule has 0 aromatic heterocycles. The second-order valence-corrected chi connectivity index (χ2v) is 6.77. The van der Waals surface area contributed by atoms with Crippen molar-refractivity contribution in [2.75, 3.05) is 0 Å². The number of carbonyl (C=O) groups is 2. The molecule has 0 aliphatic heterocycles. The molecular formula is C18H23NO4. The maximum absolute atomic E-state index is 12.0. The molecule has 1 atom stereocenters. The SMILES string of the molecule is O=C(NC1CCC12CCC(C(=O)O)CC2)OCc1ccccc1. The van der Waals surface area contributed by atoms with E-state index >= 15 is 0 Å². The molecule has 1 amide bonds. The Morgan fingerprint density at radius 3 is 2.35 bits per heavy atom. The van der Waals surface area contributed by atoms with Gasteiger partial charge in [-0.3, -0.25) is 4.79 Å². The van der Waals surface area contributed by atoms with E-state index in [0.717, 1.165) is 31.2 Å². The molecule has 2 N–H and O–H groups in total. The van der Waals surface area contributed by atoms with E-state index in [0.29, 0.717) is 12.8 Å². The molecule has 0 radical (unpaired) electrons. The van der Waals surface area contributed by atoms with Gasteiger partial charge in [-0.2, -0.15) is 0 Å². The van der Waals surface area contributed by atoms with Crippen molar-refractivity contribution in [3.8, 4) is 0 Å². The number of benzene rings is 1. The molecule has 3 rings (SSSR count). The predicted molar refractivity (Wildman–Crippen MR) is 84.8 cm³/mol. The summed E-state index contributed by atoms with van der Waals surface area (Å²) in [4.78, 5) is 23.1. The van der Waals surface area contributed by atoms with Crippen LogP contribution in [0.5, 0.6) is 0 Å². The standard InChI is InChI=1S/C18H23NO4/c20-16(21)14-6-9-18(10-7-14)11-8-15(18)19-17(22)23-12-13-4-2-1-3-5-13/h1-5,14-15H,6-12H2,(H,19,22)(H,20,21). The molecule has 5 heteroatoms. The molecular weight excluding hydrogens is 294 g/mol. The van der Waals surface area contributed by atoms with Gasteiger partial charge >= 0.3 is 12.1 Å². The molecule has 1 aromatic rings. The molecule has 1 spiro atoms. The molecule has 23 heavy (non-hydrogen) atoms. The molecule has 2 aliphatic rings. The fourth-order valence-electron chi connectivity index (χ4n) is 3.87. The largest absolute Gasteiger partial charge is 0.481 e. The topological polar surface area (TPSA) is 75.6 Å². The zero-order valence-corrected chi connectivity index (χ0v) is 13.2. The Balaban J connectivity index is 1.47. The first-order chi connectivity index (χ1) is 11.1. The minimum Gasteiger partial charge on any atom is -0.481 e. The number of carboxylic acids is 1. The van der Waals surface area contributed by atoms with Gasteiger partial charge in [-0.05, 0) is 49.5 Å². The van der Waals surface area contributed by atoms with Gasteiger partial charge in [0, 0.05) is 6.04 Å². The monoisotopic (exact) mass is 317 g/mol. The quantitative estimate of drug-likeness (QED) is 0.893. The van der Waals surface area contributed by atoms with Crippen LogP contribution < -0.4 is 5.32 Å². The van der Waals surface area contributed by atoms with Crippen molar-refractivity contribution < 1.29 is 19.4 Å². The predicted octanol–water partition coefficient (Wildman–Crippen LogP) is 3.34. The number of rotatable bonds is 4. The number of ether oxygens (including phenoxy) is 1. The van der Waals surface area contributed by atoms with Crippen LogP contribution in [0.15, 0.2) is 30.3 Å². The zero-order chi connectivity index (χ0) is 16.3. The van der Waals surface area contributed by atoms with Gasteiger partial charge in [0.25, 0.3) is 0 Å². The summed E-state index contributed by atoms with van der Waals surface area (Å²) in [6.07, 6.45) is 4.85. The van der Waals surface area contributed by atoms with E-state index in [9.17, 15) is 9.59 Å². The van der Waals surface area contributed by atoms with Crippen LogP contribution in [0.3, 0.4) is 0 Å². The van der Waals surface area contributed by atoms with Crippen LogP contribution in [-0.2, 0) is 16.1 Å². The van der Waals surface area contributed by atoms with Gasteiger partial charge in [0.15, 0.2) is 0 Å². The minimum absolute atomic E-state index is 0.0950. The van der Waals surface area contributed by atoms with E-state index in [1.165, 1.54) is 0 Å². The van der Waals surface area contributed by atoms with E-state index in [-0.39, 0.29) is 30.1 Å². The van der Waals surface area contributed by atoms with Crippen molar-refractivity contribution >= 4 is 12.1 Å². The van der Waals surface area contributed by atoms with Crippen LogP contribution >= 0.6 is 0 Å². The molecule has 1 unspecified atom stereocenters. The smallest absolute Gasteiger partial charge is 0.407 e. The maximum atomic E-state index is 12.0. The molecule has 2 saturated carbocycles. The molecule has 2 fully saturated rings. The van der Waals surface area contributed by atoms with Gasteiger partial charge < -0.3 is 15.2 Å². The third-order valence-corrected chi connectivity index (χ3v) is 5.51. The summed E-state index contributed by atoms with van der Waals surface area (Å²) in [6, 6.07) is 9.73. The molecule has 124 valence electrons. The first-order valence-electron chi connectivity index (χ1n) is 8.29. The fourth-order valence-corrected chi connectivity index (χ4v) is 3.87. The lowest BCUT2D eigenvalue weighted by Crippen LogP contribution is -2.56. The Morgan fingerprint density at radius 1 is 1.13 bits per heavy atom. The highest BCUT2D eigenvalue weighted by Crippen LogP contribution is 2.52. The minimum atomic E-state index is -0.689. The highest BCUT2D eigenvalue weighted by Gasteiger charge is 2.49. The van der Waals surface area contributed by atoms with Crippen molar-refractivity contribution in [1.82, 2.24) is 5.32 Å². The first-order valence-corrected chi connectivity index (χ1v) is 8.29. The average molecular weight is 317 g/mol. The zero-order valence-electron chi connectivity index (χ0n) is 13.2. The van der Waals surface area contributed by atoms with Crippen LogP contribution in [0.4, 0.5) is 4.79 Å². The van der Waals surface area contributed by atoms with Crippen LogP contribution in [0, 0.1) is 11.3 Å². The summed E-state index contributed by atoms with van der Waals surface area (Å²) < 4.78 is 5.28. The van der Waals surface area contributed by atoms with Crippen LogP contribution in [0.25, 0.3) is 0 Å². The number of amides is 1. The Labute approximate surface area is 136 Å². The first kappa shape index (κ1) is 15.8. The lowest BCUT2D eigenvalue weighted by atomic mass is 9.56. The van der Waals surface area contributed by atoms with Crippen molar-refractivity contribution in [2.24, 2.45) is 11.3 Å². The van der Waals surface area contributed by atoms with Crippen molar-refractivity contribution in [2.45, 2.75) is 51.2 Å². The second kappa shape index (κ2) is 6.60. The Morgan fingerprint density at radius 2 is 1.78 bits per heavy atom. The maximum Gasteiger partial charge on any atom is 0.407 e. The van der Waals surface area contributed by atoms with E-state index < -0.39 is 5.97 Å². The molecule has 5 nitrogen and oxygen atoms in total. The summed E-state index contributed by atoms with van der Waals surface area (Å²) in [5.41, 5.74) is 1.06. The lowest BCUT2D eigenvalue weighted by molar-refractivity contribution is -0.144. The molecule has 2 aliphatic carbocycles. The molecule has 0 bridgehead atoms. The Kier molecular flexibility index (Phi) is 4.55. The summed E-state index contributed by atoms with van der Waals surface area (Å²) in [7, 11) is 0. The number of aliphatic carboxylic acids is 1. The molecule has 0 heterocycles. The van der Waals surface area contributed by atoms with E-state index in [4.69, 9.17) is 9.84 Å². The van der Waals surface area contributed by atoms with Crippen molar-refractivity contribution in [3.05, 3.63) is 35.9 Å². The summed E-state index contributed by atoms with van der Waals surface area (Å²) in [5.74, 6) is -0.905. The van der Waals surface area contributed by atoms with Gasteiger partial charge in [-0.25, -0.2) is 4.79 Å².